The van der Waals surface area contributed by atoms with Crippen LogP contribution in [0.2, 0.25) is 0 Å². The highest BCUT2D eigenvalue weighted by molar-refractivity contribution is 5.97. The van der Waals surface area contributed by atoms with E-state index in [1.165, 1.54) is 12.1 Å². The Morgan fingerprint density at radius 2 is 1.88 bits per heavy atom. The molecule has 0 aromatic heterocycles. The van der Waals surface area contributed by atoms with Crippen molar-refractivity contribution in [2.24, 2.45) is 5.41 Å². The van der Waals surface area contributed by atoms with Gasteiger partial charge >= 0.3 is 5.97 Å². The average molecular weight is 236 g/mol. The fraction of sp³-hybridized carbons (Fsp3) is 0.385. The third-order valence-corrected chi connectivity index (χ3v) is 3.65. The van der Waals surface area contributed by atoms with Gasteiger partial charge in [-0.15, -0.1) is 0 Å². The van der Waals surface area contributed by atoms with Gasteiger partial charge in [-0.25, -0.2) is 4.39 Å². The number of rotatable bonds is 3. The van der Waals surface area contributed by atoms with Gasteiger partial charge in [-0.1, -0.05) is 19.1 Å². The fourth-order valence-corrected chi connectivity index (χ4v) is 2.37. The molecule has 2 rings (SSSR count). The van der Waals surface area contributed by atoms with Crippen molar-refractivity contribution in [3.63, 3.8) is 0 Å². The van der Waals surface area contributed by atoms with Crippen LogP contribution in [-0.2, 0) is 9.59 Å². The number of carbonyl (C=O) groups excluding carboxylic acids is 1. The second-order valence-electron chi connectivity index (χ2n) is 4.63. The van der Waals surface area contributed by atoms with Gasteiger partial charge in [0.1, 0.15) is 11.6 Å². The average Bonchev–Trinajstić information content (AvgIpc) is 2.24. The van der Waals surface area contributed by atoms with E-state index in [0.717, 1.165) is 5.56 Å². The molecular formula is C13H13FO3. The minimum atomic E-state index is -1.01. The van der Waals surface area contributed by atoms with E-state index < -0.39 is 11.4 Å². The summed E-state index contributed by atoms with van der Waals surface area (Å²) < 4.78 is 12.8. The minimum absolute atomic E-state index is 0.0265. The molecule has 3 nitrogen and oxygen atoms in total. The van der Waals surface area contributed by atoms with Gasteiger partial charge in [0.05, 0.1) is 5.41 Å². The number of hydrogen-bond donors (Lipinski definition) is 1. The fourth-order valence-electron chi connectivity index (χ4n) is 2.37. The lowest BCUT2D eigenvalue weighted by atomic mass is 9.59. The Kier molecular flexibility index (Phi) is 2.73. The van der Waals surface area contributed by atoms with Crippen LogP contribution in [0.4, 0.5) is 4.39 Å². The molecule has 0 spiro atoms. The summed E-state index contributed by atoms with van der Waals surface area (Å²) in [6, 6.07) is 5.77. The van der Waals surface area contributed by atoms with Crippen LogP contribution >= 0.6 is 0 Å². The number of carbonyl (C=O) groups is 2. The first-order valence-electron chi connectivity index (χ1n) is 5.46. The summed E-state index contributed by atoms with van der Waals surface area (Å²) in [7, 11) is 0. The predicted octanol–water partition coefficient (Wildman–Crippen LogP) is 2.36. The van der Waals surface area contributed by atoms with Crippen molar-refractivity contribution < 1.29 is 19.1 Å². The molecule has 0 bridgehead atoms. The van der Waals surface area contributed by atoms with E-state index in [0.29, 0.717) is 0 Å². The zero-order valence-corrected chi connectivity index (χ0v) is 9.44. The number of carboxylic acids is 1. The number of Topliss-reactive ketones (excluding diaryl/α,β-unsaturated/α-hetero) is 1. The quantitative estimate of drug-likeness (QED) is 0.876. The molecule has 1 atom stereocenters. The van der Waals surface area contributed by atoms with Crippen molar-refractivity contribution in [3.8, 4) is 0 Å². The molecule has 0 aliphatic heterocycles. The predicted molar refractivity (Wildman–Crippen MR) is 59.1 cm³/mol. The standard InChI is InChI=1S/C13H13FO3/c1-8(9-2-4-10(14)5-3-9)13(12(16)17)6-11(15)7-13/h2-5,8H,6-7H2,1H3,(H,16,17). The second-order valence-corrected chi connectivity index (χ2v) is 4.63. The van der Waals surface area contributed by atoms with E-state index in [2.05, 4.69) is 0 Å². The molecule has 1 saturated carbocycles. The Labute approximate surface area is 98.3 Å². The molecule has 1 N–H and O–H groups in total. The normalized spacial score (nSPS) is 19.5. The molecular weight excluding hydrogens is 223 g/mol. The number of benzene rings is 1. The summed E-state index contributed by atoms with van der Waals surface area (Å²) in [5.74, 6) is -1.62. The Morgan fingerprint density at radius 1 is 1.35 bits per heavy atom. The molecule has 1 aliphatic carbocycles. The number of carboxylic acid groups (broad SMARTS) is 1. The van der Waals surface area contributed by atoms with Gasteiger partial charge in [0.25, 0.3) is 0 Å². The van der Waals surface area contributed by atoms with Crippen molar-refractivity contribution in [2.75, 3.05) is 0 Å². The summed E-state index contributed by atoms with van der Waals surface area (Å²) in [5.41, 5.74) is -0.254. The Balaban J connectivity index is 2.29. The smallest absolute Gasteiger partial charge is 0.311 e. The Morgan fingerprint density at radius 3 is 2.29 bits per heavy atom. The van der Waals surface area contributed by atoms with Gasteiger partial charge in [-0.05, 0) is 23.6 Å². The van der Waals surface area contributed by atoms with Crippen LogP contribution in [-0.4, -0.2) is 16.9 Å². The third-order valence-electron chi connectivity index (χ3n) is 3.65. The molecule has 90 valence electrons. The van der Waals surface area contributed by atoms with Crippen LogP contribution < -0.4 is 0 Å². The molecule has 0 radical (unpaired) electrons. The Hall–Kier alpha value is -1.71. The van der Waals surface area contributed by atoms with Gasteiger partial charge in [0.15, 0.2) is 0 Å². The van der Waals surface area contributed by atoms with Crippen molar-refractivity contribution >= 4 is 11.8 Å². The topological polar surface area (TPSA) is 54.4 Å². The van der Waals surface area contributed by atoms with E-state index in [1.54, 1.807) is 19.1 Å². The maximum atomic E-state index is 12.8. The monoisotopic (exact) mass is 236 g/mol. The van der Waals surface area contributed by atoms with Crippen molar-refractivity contribution in [1.29, 1.82) is 0 Å². The first-order valence-corrected chi connectivity index (χ1v) is 5.46. The lowest BCUT2D eigenvalue weighted by Crippen LogP contribution is -2.48. The zero-order valence-electron chi connectivity index (χ0n) is 9.44. The van der Waals surface area contributed by atoms with Crippen LogP contribution in [0.3, 0.4) is 0 Å². The van der Waals surface area contributed by atoms with E-state index in [9.17, 15) is 19.1 Å². The summed E-state index contributed by atoms with van der Waals surface area (Å²) in [6.07, 6.45) is 0.141. The highest BCUT2D eigenvalue weighted by Crippen LogP contribution is 2.49. The summed E-state index contributed by atoms with van der Waals surface area (Å²) in [4.78, 5) is 22.4. The first-order chi connectivity index (χ1) is 7.95. The molecule has 0 amide bonds. The maximum absolute atomic E-state index is 12.8. The Bertz CT molecular complexity index is 456. The van der Waals surface area contributed by atoms with Gasteiger partial charge in [-0.3, -0.25) is 9.59 Å². The molecule has 1 aromatic carbocycles. The van der Waals surface area contributed by atoms with Crippen LogP contribution in [0, 0.1) is 11.2 Å². The molecule has 0 saturated heterocycles. The van der Waals surface area contributed by atoms with Crippen molar-refractivity contribution in [1.82, 2.24) is 0 Å². The van der Waals surface area contributed by atoms with Crippen LogP contribution in [0.25, 0.3) is 0 Å². The second kappa shape index (κ2) is 3.95. The number of hydrogen-bond acceptors (Lipinski definition) is 2. The third kappa shape index (κ3) is 1.84. The van der Waals surface area contributed by atoms with E-state index in [-0.39, 0.29) is 30.4 Å². The number of ketones is 1. The van der Waals surface area contributed by atoms with E-state index in [1.807, 2.05) is 0 Å². The highest BCUT2D eigenvalue weighted by Gasteiger charge is 2.54. The lowest BCUT2D eigenvalue weighted by molar-refractivity contribution is -0.162. The maximum Gasteiger partial charge on any atom is 0.311 e. The summed E-state index contributed by atoms with van der Waals surface area (Å²) >= 11 is 0. The van der Waals surface area contributed by atoms with Crippen molar-refractivity contribution in [2.45, 2.75) is 25.7 Å². The van der Waals surface area contributed by atoms with Gasteiger partial charge in [0.2, 0.25) is 0 Å². The van der Waals surface area contributed by atoms with Crippen LogP contribution in [0.15, 0.2) is 24.3 Å². The zero-order chi connectivity index (χ0) is 12.6. The van der Waals surface area contributed by atoms with Gasteiger partial charge in [0, 0.05) is 12.8 Å². The molecule has 1 aromatic rings. The van der Waals surface area contributed by atoms with Crippen LogP contribution in [0.5, 0.6) is 0 Å². The van der Waals surface area contributed by atoms with Crippen LogP contribution in [0.1, 0.15) is 31.2 Å². The molecule has 1 fully saturated rings. The summed E-state index contributed by atoms with van der Waals surface area (Å²) in [5, 5.41) is 9.26. The number of halogens is 1. The lowest BCUT2D eigenvalue weighted by Gasteiger charge is -2.41. The largest absolute Gasteiger partial charge is 0.481 e. The molecule has 4 heteroatoms. The molecule has 17 heavy (non-hydrogen) atoms. The molecule has 0 heterocycles. The minimum Gasteiger partial charge on any atom is -0.481 e. The van der Waals surface area contributed by atoms with Crippen molar-refractivity contribution in [3.05, 3.63) is 35.6 Å². The van der Waals surface area contributed by atoms with E-state index >= 15 is 0 Å². The molecule has 1 aliphatic rings. The summed E-state index contributed by atoms with van der Waals surface area (Å²) in [6.45, 7) is 1.77. The number of aliphatic carboxylic acids is 1. The van der Waals surface area contributed by atoms with Gasteiger partial charge in [-0.2, -0.15) is 0 Å². The molecule has 1 unspecified atom stereocenters. The SMILES string of the molecule is CC(c1ccc(F)cc1)C1(C(=O)O)CC(=O)C1. The van der Waals surface area contributed by atoms with Gasteiger partial charge < -0.3 is 5.11 Å². The first kappa shape index (κ1) is 11.8. The van der Waals surface area contributed by atoms with E-state index in [4.69, 9.17) is 0 Å². The highest BCUT2D eigenvalue weighted by atomic mass is 19.1.